The number of aryl methyl sites for hydroxylation is 2. The van der Waals surface area contributed by atoms with Crippen LogP contribution in [0.25, 0.3) is 0 Å². The highest BCUT2D eigenvalue weighted by Gasteiger charge is 2.29. The Hall–Kier alpha value is -2.15. The quantitative estimate of drug-likeness (QED) is 0.903. The molecule has 2 aromatic heterocycles. The van der Waals surface area contributed by atoms with Gasteiger partial charge < -0.3 is 9.84 Å². The zero-order valence-electron chi connectivity index (χ0n) is 13.8. The van der Waals surface area contributed by atoms with Crippen molar-refractivity contribution < 1.29 is 9.32 Å². The van der Waals surface area contributed by atoms with Gasteiger partial charge in [-0.05, 0) is 46.2 Å². The number of nitrogens with zero attached hydrogens (tertiary/aromatic N) is 3. The minimum atomic E-state index is -0.213. The van der Waals surface area contributed by atoms with Crippen molar-refractivity contribution in [1.82, 2.24) is 20.3 Å². The number of likely N-dealkylation sites (tertiary alicyclic amines) is 1. The molecule has 1 aliphatic rings. The van der Waals surface area contributed by atoms with Crippen LogP contribution < -0.4 is 5.32 Å². The number of piperidine rings is 1. The number of hydrogen-bond donors (Lipinski definition) is 2. The molecule has 0 aromatic carbocycles. The molecule has 2 aromatic rings. The second-order valence-corrected chi connectivity index (χ2v) is 6.30. The number of H-pyrrole nitrogens is 1. The second kappa shape index (κ2) is 6.54. The molecule has 1 amide bonds. The van der Waals surface area contributed by atoms with Crippen LogP contribution in [0.2, 0.25) is 0 Å². The lowest BCUT2D eigenvalue weighted by Gasteiger charge is -2.35. The number of amides is 1. The van der Waals surface area contributed by atoms with Crippen LogP contribution in [-0.4, -0.2) is 45.3 Å². The van der Waals surface area contributed by atoms with E-state index in [0.29, 0.717) is 17.5 Å². The number of hydrogen-bond acceptors (Lipinski definition) is 5. The van der Waals surface area contributed by atoms with Crippen molar-refractivity contribution in [3.8, 4) is 0 Å². The van der Waals surface area contributed by atoms with E-state index in [1.807, 2.05) is 13.8 Å². The van der Waals surface area contributed by atoms with E-state index in [9.17, 15) is 4.79 Å². The van der Waals surface area contributed by atoms with E-state index in [2.05, 4.69) is 31.6 Å². The Morgan fingerprint density at radius 1 is 1.48 bits per heavy atom. The van der Waals surface area contributed by atoms with Gasteiger partial charge in [-0.3, -0.25) is 14.8 Å². The van der Waals surface area contributed by atoms with Gasteiger partial charge in [-0.2, -0.15) is 5.10 Å². The lowest BCUT2D eigenvalue weighted by molar-refractivity contribution is -0.121. The fourth-order valence-electron chi connectivity index (χ4n) is 3.07. The molecule has 3 rings (SSSR count). The third-order valence-corrected chi connectivity index (χ3v) is 4.40. The lowest BCUT2D eigenvalue weighted by atomic mass is 9.93. The molecule has 2 N–H and O–H groups in total. The number of rotatable bonds is 4. The number of anilines is 1. The summed E-state index contributed by atoms with van der Waals surface area (Å²) in [6.45, 7) is 7.50. The highest BCUT2D eigenvalue weighted by Crippen LogP contribution is 2.27. The lowest BCUT2D eigenvalue weighted by Crippen LogP contribution is -2.46. The molecule has 1 aliphatic heterocycles. The summed E-state index contributed by atoms with van der Waals surface area (Å²) < 4.78 is 4.98. The summed E-state index contributed by atoms with van der Waals surface area (Å²) in [5, 5.41) is 14.0. The van der Waals surface area contributed by atoms with Gasteiger partial charge in [-0.25, -0.2) is 0 Å². The predicted molar refractivity (Wildman–Crippen MR) is 86.2 cm³/mol. The van der Waals surface area contributed by atoms with Crippen molar-refractivity contribution in [2.75, 3.05) is 18.4 Å². The van der Waals surface area contributed by atoms with Crippen LogP contribution in [0.1, 0.15) is 42.8 Å². The zero-order chi connectivity index (χ0) is 16.4. The topological polar surface area (TPSA) is 87.1 Å². The number of aromatic nitrogens is 3. The first-order valence-electron chi connectivity index (χ1n) is 8.03. The van der Waals surface area contributed by atoms with E-state index < -0.39 is 0 Å². The molecular formula is C16H23N5O2. The van der Waals surface area contributed by atoms with Crippen LogP contribution in [0.3, 0.4) is 0 Å². The second-order valence-electron chi connectivity index (χ2n) is 6.30. The van der Waals surface area contributed by atoms with Gasteiger partial charge in [0.05, 0.1) is 11.7 Å². The van der Waals surface area contributed by atoms with Gasteiger partial charge in [-0.1, -0.05) is 5.16 Å². The largest absolute Gasteiger partial charge is 0.360 e. The average molecular weight is 317 g/mol. The fraction of sp³-hybridized carbons (Fsp3) is 0.562. The number of nitrogens with one attached hydrogen (secondary N) is 2. The Morgan fingerprint density at radius 3 is 2.96 bits per heavy atom. The van der Waals surface area contributed by atoms with Crippen LogP contribution >= 0.6 is 0 Å². The van der Waals surface area contributed by atoms with Crippen molar-refractivity contribution in [2.24, 2.45) is 0 Å². The highest BCUT2D eigenvalue weighted by atomic mass is 16.5. The summed E-state index contributed by atoms with van der Waals surface area (Å²) in [5.74, 6) is 1.46. The van der Waals surface area contributed by atoms with E-state index in [1.54, 1.807) is 13.0 Å². The maximum Gasteiger partial charge on any atom is 0.242 e. The Balaban J connectivity index is 1.62. The number of carbonyl (C=O) groups excluding carboxylic acids is 1. The molecular weight excluding hydrogens is 294 g/mol. The summed E-state index contributed by atoms with van der Waals surface area (Å²) in [6, 6.07) is 3.60. The molecule has 1 saturated heterocycles. The summed E-state index contributed by atoms with van der Waals surface area (Å²) in [6.07, 6.45) is 2.18. The van der Waals surface area contributed by atoms with Crippen LogP contribution in [0.4, 0.5) is 5.82 Å². The molecule has 1 fully saturated rings. The molecule has 0 aliphatic carbocycles. The monoisotopic (exact) mass is 317 g/mol. The molecule has 124 valence electrons. The fourth-order valence-corrected chi connectivity index (χ4v) is 3.07. The molecule has 7 heteroatoms. The molecule has 7 nitrogen and oxygen atoms in total. The summed E-state index contributed by atoms with van der Waals surface area (Å²) in [4.78, 5) is 14.6. The first kappa shape index (κ1) is 15.7. The smallest absolute Gasteiger partial charge is 0.242 e. The SMILES string of the molecule is Cc1cc([C@@H]2CCCN([C@H](C)C(=O)Nc3cc(C)on3)C2)n[nH]1. The average Bonchev–Trinajstić information content (AvgIpc) is 3.15. The van der Waals surface area contributed by atoms with Crippen molar-refractivity contribution in [1.29, 1.82) is 0 Å². The van der Waals surface area contributed by atoms with Crippen LogP contribution in [0, 0.1) is 13.8 Å². The van der Waals surface area contributed by atoms with Crippen LogP contribution in [-0.2, 0) is 4.79 Å². The Bertz CT molecular complexity index is 678. The number of aromatic amines is 1. The first-order valence-corrected chi connectivity index (χ1v) is 8.03. The Morgan fingerprint density at radius 2 is 2.30 bits per heavy atom. The molecule has 0 unspecified atom stereocenters. The normalized spacial score (nSPS) is 20.4. The van der Waals surface area contributed by atoms with Gasteiger partial charge in [0.15, 0.2) is 5.82 Å². The maximum absolute atomic E-state index is 12.4. The minimum absolute atomic E-state index is 0.0582. The molecule has 0 radical (unpaired) electrons. The van der Waals surface area contributed by atoms with Crippen molar-refractivity contribution >= 4 is 11.7 Å². The summed E-state index contributed by atoms with van der Waals surface area (Å²) in [7, 11) is 0. The van der Waals surface area contributed by atoms with Crippen LogP contribution in [0.15, 0.2) is 16.7 Å². The van der Waals surface area contributed by atoms with Gasteiger partial charge in [-0.15, -0.1) is 0 Å². The third-order valence-electron chi connectivity index (χ3n) is 4.40. The third kappa shape index (κ3) is 3.61. The van der Waals surface area contributed by atoms with E-state index >= 15 is 0 Å². The molecule has 0 saturated carbocycles. The van der Waals surface area contributed by atoms with Gasteiger partial charge in [0.2, 0.25) is 5.91 Å². The molecule has 3 heterocycles. The standard InChI is InChI=1S/C16H23N5O2/c1-10-7-14(19-18-10)13-5-4-6-21(9-13)12(3)16(22)17-15-8-11(2)23-20-15/h7-8,12-13H,4-6,9H2,1-3H3,(H,18,19)(H,17,20,22)/t12-,13-/m1/s1. The van der Waals surface area contributed by atoms with Crippen LogP contribution in [0.5, 0.6) is 0 Å². The maximum atomic E-state index is 12.4. The van der Waals surface area contributed by atoms with Gasteiger partial charge in [0.25, 0.3) is 0 Å². The van der Waals surface area contributed by atoms with Crippen molar-refractivity contribution in [3.63, 3.8) is 0 Å². The van der Waals surface area contributed by atoms with E-state index in [1.165, 1.54) is 0 Å². The molecule has 2 atom stereocenters. The van der Waals surface area contributed by atoms with Gasteiger partial charge in [0.1, 0.15) is 5.76 Å². The first-order chi connectivity index (χ1) is 11.0. The molecule has 23 heavy (non-hydrogen) atoms. The van der Waals surface area contributed by atoms with E-state index in [0.717, 1.165) is 37.3 Å². The minimum Gasteiger partial charge on any atom is -0.360 e. The summed E-state index contributed by atoms with van der Waals surface area (Å²) >= 11 is 0. The summed E-state index contributed by atoms with van der Waals surface area (Å²) in [5.41, 5.74) is 2.16. The van der Waals surface area contributed by atoms with E-state index in [4.69, 9.17) is 4.52 Å². The Labute approximate surface area is 135 Å². The van der Waals surface area contributed by atoms with Gasteiger partial charge >= 0.3 is 0 Å². The number of carbonyl (C=O) groups is 1. The predicted octanol–water partition coefficient (Wildman–Crippen LogP) is 2.22. The molecule has 0 spiro atoms. The van der Waals surface area contributed by atoms with E-state index in [-0.39, 0.29) is 11.9 Å². The van der Waals surface area contributed by atoms with Crippen molar-refractivity contribution in [3.05, 3.63) is 29.3 Å². The molecule has 0 bridgehead atoms. The highest BCUT2D eigenvalue weighted by molar-refractivity contribution is 5.93. The van der Waals surface area contributed by atoms with Gasteiger partial charge in [0, 0.05) is 24.2 Å². The van der Waals surface area contributed by atoms with Crippen molar-refractivity contribution in [2.45, 2.75) is 45.6 Å². The zero-order valence-corrected chi connectivity index (χ0v) is 13.8. The Kier molecular flexibility index (Phi) is 4.47.